The standard InChI is InChI=1S/C31H31N4O8P/c36-27(33-25(31(39)40)15-19-16-32-23-12-2-1-9-20(19)23)24-14-18(28(34-24)44(41,42)43)8-5-13-35-29(37)21-10-3-6-17-7-4-11-22(26(17)21)30(35)38/h1-4,6-7,9-12,16,18,24-25,28,32,34H,5,8,13-15H2,(H,33,36)(H,39,40)(H2,41,42,43)/t18-,24+,25+,28+/m1/s1. The first-order chi connectivity index (χ1) is 21.0. The largest absolute Gasteiger partial charge is 0.480 e. The maximum atomic E-state index is 13.2. The maximum Gasteiger partial charge on any atom is 0.342 e. The number of carboxylic acids is 1. The summed E-state index contributed by atoms with van der Waals surface area (Å²) in [6.07, 6.45) is 2.22. The summed E-state index contributed by atoms with van der Waals surface area (Å²) in [5, 5.41) is 17.3. The van der Waals surface area contributed by atoms with Crippen LogP contribution in [0, 0.1) is 5.92 Å². The molecule has 3 amide bonds. The normalized spacial score (nSPS) is 20.8. The summed E-state index contributed by atoms with van der Waals surface area (Å²) in [5.74, 6) is -4.76. The Hall–Kier alpha value is -4.35. The van der Waals surface area contributed by atoms with Gasteiger partial charge in [0.05, 0.1) is 6.04 Å². The molecule has 3 heterocycles. The average molecular weight is 619 g/mol. The first kappa shape index (κ1) is 29.7. The first-order valence-corrected chi connectivity index (χ1v) is 16.0. The minimum Gasteiger partial charge on any atom is -0.480 e. The fraction of sp³-hybridized carbons (Fsp3) is 0.290. The van der Waals surface area contributed by atoms with E-state index in [4.69, 9.17) is 0 Å². The third-order valence-corrected chi connectivity index (χ3v) is 9.86. The summed E-state index contributed by atoms with van der Waals surface area (Å²) in [7, 11) is -4.70. The van der Waals surface area contributed by atoms with Crippen LogP contribution < -0.4 is 10.6 Å². The second kappa shape index (κ2) is 11.6. The second-order valence-corrected chi connectivity index (χ2v) is 13.1. The number of carboxylic acid groups (broad SMARTS) is 1. The van der Waals surface area contributed by atoms with E-state index < -0.39 is 55.1 Å². The van der Waals surface area contributed by atoms with Gasteiger partial charge < -0.3 is 25.2 Å². The number of benzene rings is 3. The molecule has 2 aliphatic heterocycles. The SMILES string of the molecule is O=C(O)[C@H](Cc1c[nH]c2ccccc12)NC(=O)[C@@H]1C[C@@H](CCCN2C(=O)c3cccc4cccc(c34)C2=O)[C@H](P(=O)(O)O)N1. The number of fused-ring (bicyclic) bond motifs is 1. The van der Waals surface area contributed by atoms with Crippen molar-refractivity contribution in [1.29, 1.82) is 0 Å². The van der Waals surface area contributed by atoms with Crippen LogP contribution in [0.3, 0.4) is 0 Å². The Kier molecular flexibility index (Phi) is 7.85. The van der Waals surface area contributed by atoms with Gasteiger partial charge >= 0.3 is 13.6 Å². The van der Waals surface area contributed by atoms with Crippen molar-refractivity contribution >= 4 is 53.0 Å². The zero-order valence-corrected chi connectivity index (χ0v) is 24.4. The molecule has 13 heteroatoms. The number of carbonyl (C=O) groups is 4. The smallest absolute Gasteiger partial charge is 0.342 e. The van der Waals surface area contributed by atoms with Crippen LogP contribution in [0.4, 0.5) is 0 Å². The van der Waals surface area contributed by atoms with Gasteiger partial charge in [0.25, 0.3) is 11.8 Å². The molecule has 228 valence electrons. The van der Waals surface area contributed by atoms with Gasteiger partial charge in [-0.3, -0.25) is 29.2 Å². The average Bonchev–Trinajstić information content (AvgIpc) is 3.62. The zero-order chi connectivity index (χ0) is 31.2. The number of aliphatic carboxylic acids is 1. The molecule has 4 aromatic rings. The number of rotatable bonds is 10. The quantitative estimate of drug-likeness (QED) is 0.115. The molecule has 0 unspecified atom stereocenters. The third kappa shape index (κ3) is 5.53. The molecule has 0 aliphatic carbocycles. The lowest BCUT2D eigenvalue weighted by Crippen LogP contribution is -2.50. The molecule has 0 bridgehead atoms. The van der Waals surface area contributed by atoms with Crippen molar-refractivity contribution in [3.63, 3.8) is 0 Å². The number of nitrogens with one attached hydrogen (secondary N) is 3. The van der Waals surface area contributed by atoms with Crippen molar-refractivity contribution in [3.8, 4) is 0 Å². The Morgan fingerprint density at radius 2 is 1.68 bits per heavy atom. The van der Waals surface area contributed by atoms with E-state index >= 15 is 0 Å². The van der Waals surface area contributed by atoms with Gasteiger partial charge in [-0.25, -0.2) is 4.79 Å². The van der Waals surface area contributed by atoms with Crippen LogP contribution in [-0.2, 0) is 20.6 Å². The number of aromatic nitrogens is 1. The molecular formula is C31H31N4O8P. The molecule has 1 aromatic heterocycles. The van der Waals surface area contributed by atoms with E-state index in [9.17, 15) is 38.6 Å². The minimum absolute atomic E-state index is 0.0118. The van der Waals surface area contributed by atoms with Gasteiger partial charge in [-0.05, 0) is 54.3 Å². The van der Waals surface area contributed by atoms with Crippen molar-refractivity contribution in [2.75, 3.05) is 6.54 Å². The minimum atomic E-state index is -4.70. The number of para-hydroxylation sites is 1. The van der Waals surface area contributed by atoms with E-state index in [1.54, 1.807) is 30.5 Å². The number of nitrogens with zero attached hydrogens (tertiary/aromatic N) is 1. The maximum absolute atomic E-state index is 13.2. The molecule has 3 aromatic carbocycles. The molecule has 1 saturated heterocycles. The van der Waals surface area contributed by atoms with Crippen LogP contribution in [0.25, 0.3) is 21.7 Å². The summed E-state index contributed by atoms with van der Waals surface area (Å²) < 4.78 is 12.4. The molecule has 1 fully saturated rings. The monoisotopic (exact) mass is 618 g/mol. The summed E-state index contributed by atoms with van der Waals surface area (Å²) in [6.45, 7) is 0.0370. The van der Waals surface area contributed by atoms with Gasteiger partial charge in [0.1, 0.15) is 11.8 Å². The van der Waals surface area contributed by atoms with E-state index in [-0.39, 0.29) is 32.2 Å². The second-order valence-electron chi connectivity index (χ2n) is 11.3. The van der Waals surface area contributed by atoms with Crippen molar-refractivity contribution in [2.24, 2.45) is 5.92 Å². The van der Waals surface area contributed by atoms with Gasteiger partial charge in [-0.1, -0.05) is 42.5 Å². The van der Waals surface area contributed by atoms with Crippen molar-refractivity contribution in [2.45, 2.75) is 43.5 Å². The molecule has 0 radical (unpaired) electrons. The van der Waals surface area contributed by atoms with Crippen LogP contribution in [0.1, 0.15) is 45.5 Å². The van der Waals surface area contributed by atoms with Crippen molar-refractivity contribution in [3.05, 3.63) is 83.6 Å². The molecule has 6 rings (SSSR count). The summed E-state index contributed by atoms with van der Waals surface area (Å²) in [4.78, 5) is 76.0. The lowest BCUT2D eigenvalue weighted by Gasteiger charge is -2.28. The fourth-order valence-corrected chi connectivity index (χ4v) is 7.65. The highest BCUT2D eigenvalue weighted by Gasteiger charge is 2.46. The number of imide groups is 1. The lowest BCUT2D eigenvalue weighted by atomic mass is 9.93. The Labute approximate surface area is 251 Å². The van der Waals surface area contributed by atoms with Crippen LogP contribution in [0.2, 0.25) is 0 Å². The Morgan fingerprint density at radius 3 is 2.34 bits per heavy atom. The lowest BCUT2D eigenvalue weighted by molar-refractivity contribution is -0.142. The molecule has 6 N–H and O–H groups in total. The predicted molar refractivity (Wildman–Crippen MR) is 161 cm³/mol. The van der Waals surface area contributed by atoms with Gasteiger partial charge in [-0.2, -0.15) is 0 Å². The number of hydrogen-bond donors (Lipinski definition) is 6. The molecule has 0 saturated carbocycles. The molecular weight excluding hydrogens is 587 g/mol. The number of amides is 3. The number of aromatic amines is 1. The Balaban J connectivity index is 1.11. The molecule has 2 aliphatic rings. The van der Waals surface area contributed by atoms with E-state index in [2.05, 4.69) is 15.6 Å². The summed E-state index contributed by atoms with van der Waals surface area (Å²) in [5.41, 5.74) is 2.38. The third-order valence-electron chi connectivity index (χ3n) is 8.56. The Morgan fingerprint density at radius 1 is 1.00 bits per heavy atom. The first-order valence-electron chi connectivity index (χ1n) is 14.3. The van der Waals surface area contributed by atoms with E-state index in [1.165, 1.54) is 0 Å². The highest BCUT2D eigenvalue weighted by molar-refractivity contribution is 7.52. The summed E-state index contributed by atoms with van der Waals surface area (Å²) >= 11 is 0. The van der Waals surface area contributed by atoms with Gasteiger partial charge in [0.15, 0.2) is 0 Å². The fourth-order valence-electron chi connectivity index (χ4n) is 6.46. The highest BCUT2D eigenvalue weighted by Crippen LogP contribution is 2.49. The van der Waals surface area contributed by atoms with Gasteiger partial charge in [0.2, 0.25) is 5.91 Å². The van der Waals surface area contributed by atoms with Crippen LogP contribution in [-0.4, -0.2) is 72.9 Å². The van der Waals surface area contributed by atoms with Crippen LogP contribution in [0.15, 0.2) is 66.9 Å². The highest BCUT2D eigenvalue weighted by atomic mass is 31.2. The number of H-pyrrole nitrogens is 1. The Bertz CT molecular complexity index is 1800. The van der Waals surface area contributed by atoms with Gasteiger partial charge in [-0.15, -0.1) is 0 Å². The van der Waals surface area contributed by atoms with Crippen molar-refractivity contribution < 1.29 is 38.6 Å². The number of hydrogen-bond acceptors (Lipinski definition) is 6. The topological polar surface area (TPSA) is 189 Å². The predicted octanol–water partition coefficient (Wildman–Crippen LogP) is 2.99. The van der Waals surface area contributed by atoms with Gasteiger partial charge in [0, 0.05) is 46.6 Å². The number of carbonyl (C=O) groups excluding carboxylic acids is 3. The molecule has 44 heavy (non-hydrogen) atoms. The summed E-state index contributed by atoms with van der Waals surface area (Å²) in [6, 6.07) is 15.6. The van der Waals surface area contributed by atoms with Crippen LogP contribution >= 0.6 is 7.60 Å². The van der Waals surface area contributed by atoms with E-state index in [0.717, 1.165) is 21.2 Å². The molecule has 0 spiro atoms. The molecule has 12 nitrogen and oxygen atoms in total. The van der Waals surface area contributed by atoms with Crippen molar-refractivity contribution in [1.82, 2.24) is 20.5 Å². The van der Waals surface area contributed by atoms with E-state index in [1.807, 2.05) is 36.4 Å². The van der Waals surface area contributed by atoms with Crippen LogP contribution in [0.5, 0.6) is 0 Å². The van der Waals surface area contributed by atoms with E-state index in [0.29, 0.717) is 22.1 Å². The molecule has 4 atom stereocenters. The zero-order valence-electron chi connectivity index (χ0n) is 23.5.